The molecular weight excluding hydrogens is 424 g/mol. The lowest BCUT2D eigenvalue weighted by Gasteiger charge is -2.06. The quantitative estimate of drug-likeness (QED) is 0.405. The number of aromatic nitrogens is 2. The minimum Gasteiger partial charge on any atom is -0.326 e. The number of carbonyl (C=O) groups is 2. The molecule has 3 rings (SSSR count). The topological polar surface area (TPSA) is 124 Å². The molecule has 10 heteroatoms. The van der Waals surface area contributed by atoms with E-state index >= 15 is 0 Å². The second-order valence-corrected chi connectivity index (χ2v) is 9.24. The number of thioether (sulfide) groups is 1. The summed E-state index contributed by atoms with van der Waals surface area (Å²) in [5, 5.41) is 8.55. The van der Waals surface area contributed by atoms with E-state index in [0.29, 0.717) is 28.3 Å². The van der Waals surface area contributed by atoms with Gasteiger partial charge in [-0.15, -0.1) is 0 Å². The van der Waals surface area contributed by atoms with Gasteiger partial charge < -0.3 is 9.88 Å². The summed E-state index contributed by atoms with van der Waals surface area (Å²) in [6.07, 6.45) is 1.22. The number of hydrogen-bond acceptors (Lipinski definition) is 6. The molecule has 1 aromatic heterocycles. The molecule has 30 heavy (non-hydrogen) atoms. The van der Waals surface area contributed by atoms with Crippen LogP contribution in [-0.4, -0.2) is 35.4 Å². The monoisotopic (exact) mass is 446 g/mol. The van der Waals surface area contributed by atoms with Crippen LogP contribution in [0.4, 0.5) is 5.69 Å². The Kier molecular flexibility index (Phi) is 6.59. The van der Waals surface area contributed by atoms with E-state index < -0.39 is 10.0 Å². The largest absolute Gasteiger partial charge is 0.326 e. The first-order valence-electron chi connectivity index (χ1n) is 9.24. The number of hydrogen-bond donors (Lipinski definition) is 2. The van der Waals surface area contributed by atoms with Crippen LogP contribution in [0.3, 0.4) is 0 Å². The molecule has 3 N–H and O–H groups in total. The maximum absolute atomic E-state index is 12.5. The number of Topliss-reactive ketones (excluding diaryl/α,β-unsaturated/α-hetero) is 1. The summed E-state index contributed by atoms with van der Waals surface area (Å²) in [6, 6.07) is 11.3. The Balaban J connectivity index is 1.69. The van der Waals surface area contributed by atoms with E-state index in [9.17, 15) is 18.0 Å². The third-order valence-electron chi connectivity index (χ3n) is 4.44. The molecule has 0 saturated heterocycles. The van der Waals surface area contributed by atoms with Crippen molar-refractivity contribution in [1.29, 1.82) is 0 Å². The summed E-state index contributed by atoms with van der Waals surface area (Å²) in [6.45, 7) is 1.93. The van der Waals surface area contributed by atoms with Gasteiger partial charge in [0.1, 0.15) is 0 Å². The van der Waals surface area contributed by atoms with Gasteiger partial charge in [0.25, 0.3) is 0 Å². The van der Waals surface area contributed by atoms with Crippen LogP contribution >= 0.6 is 11.8 Å². The van der Waals surface area contributed by atoms with Crippen molar-refractivity contribution in [2.45, 2.75) is 29.8 Å². The van der Waals surface area contributed by atoms with E-state index in [1.807, 2.05) is 6.92 Å². The number of sulfonamides is 1. The molecule has 0 aliphatic rings. The van der Waals surface area contributed by atoms with Crippen molar-refractivity contribution in [1.82, 2.24) is 9.55 Å². The van der Waals surface area contributed by atoms with Crippen LogP contribution in [0.15, 0.2) is 52.5 Å². The molecule has 0 fully saturated rings. The normalized spacial score (nSPS) is 11.6. The van der Waals surface area contributed by atoms with E-state index in [1.165, 1.54) is 23.9 Å². The number of imidazole rings is 1. The third kappa shape index (κ3) is 5.07. The molecule has 3 aromatic rings. The molecule has 0 bridgehead atoms. The van der Waals surface area contributed by atoms with E-state index in [4.69, 9.17) is 5.14 Å². The highest BCUT2D eigenvalue weighted by Gasteiger charge is 2.15. The van der Waals surface area contributed by atoms with Gasteiger partial charge >= 0.3 is 0 Å². The zero-order valence-corrected chi connectivity index (χ0v) is 18.2. The summed E-state index contributed by atoms with van der Waals surface area (Å²) < 4.78 is 24.9. The second kappa shape index (κ2) is 8.99. The summed E-state index contributed by atoms with van der Waals surface area (Å²) in [7, 11) is -2.01. The summed E-state index contributed by atoms with van der Waals surface area (Å²) >= 11 is 1.26. The van der Waals surface area contributed by atoms with E-state index in [1.54, 1.807) is 41.9 Å². The lowest BCUT2D eigenvalue weighted by atomic mass is 10.1. The Bertz CT molecular complexity index is 1200. The van der Waals surface area contributed by atoms with Crippen molar-refractivity contribution >= 4 is 50.2 Å². The standard InChI is InChI=1S/C20H22N4O4S2/c1-3-4-19(26)22-14-7-5-13(6-8-14)18(25)12-29-20-23-16-11-15(30(21,27)28)9-10-17(16)24(20)2/h5-11H,3-4,12H2,1-2H3,(H,22,26)(H2,21,27,28). The minimum absolute atomic E-state index is 0.00755. The second-order valence-electron chi connectivity index (χ2n) is 6.74. The molecule has 158 valence electrons. The minimum atomic E-state index is -3.81. The molecule has 2 aromatic carbocycles. The number of carbonyl (C=O) groups excluding carboxylic acids is 2. The average Bonchev–Trinajstić information content (AvgIpc) is 3.01. The van der Waals surface area contributed by atoms with Gasteiger partial charge in [-0.3, -0.25) is 9.59 Å². The first kappa shape index (κ1) is 22.0. The van der Waals surface area contributed by atoms with Gasteiger partial charge in [0.05, 0.1) is 21.7 Å². The van der Waals surface area contributed by atoms with Gasteiger partial charge in [-0.2, -0.15) is 0 Å². The Morgan fingerprint density at radius 2 is 1.87 bits per heavy atom. The van der Waals surface area contributed by atoms with Crippen LogP contribution in [0, 0.1) is 0 Å². The highest BCUT2D eigenvalue weighted by molar-refractivity contribution is 7.99. The zero-order chi connectivity index (χ0) is 21.9. The van der Waals surface area contributed by atoms with Gasteiger partial charge in [-0.25, -0.2) is 18.5 Å². The average molecular weight is 447 g/mol. The first-order chi connectivity index (χ1) is 14.2. The van der Waals surface area contributed by atoms with Crippen LogP contribution in [0.1, 0.15) is 30.1 Å². The molecule has 0 aliphatic carbocycles. The highest BCUT2D eigenvalue weighted by atomic mass is 32.2. The van der Waals surface area contributed by atoms with Crippen molar-refractivity contribution < 1.29 is 18.0 Å². The van der Waals surface area contributed by atoms with E-state index in [-0.39, 0.29) is 22.3 Å². The Labute approximate surface area is 178 Å². The number of primary sulfonamides is 1. The molecule has 8 nitrogen and oxygen atoms in total. The number of amides is 1. The van der Waals surface area contributed by atoms with Crippen LogP contribution < -0.4 is 10.5 Å². The smallest absolute Gasteiger partial charge is 0.238 e. The number of nitrogens with zero attached hydrogens (tertiary/aromatic N) is 2. The van der Waals surface area contributed by atoms with Crippen molar-refractivity contribution in [3.05, 3.63) is 48.0 Å². The molecule has 0 aliphatic heterocycles. The molecule has 0 saturated carbocycles. The van der Waals surface area contributed by atoms with Crippen LogP contribution in [0.25, 0.3) is 11.0 Å². The molecule has 0 spiro atoms. The SMILES string of the molecule is CCCC(=O)Nc1ccc(C(=O)CSc2nc3cc(S(N)(=O)=O)ccc3n2C)cc1. The van der Waals surface area contributed by atoms with Crippen molar-refractivity contribution in [2.75, 3.05) is 11.1 Å². The van der Waals surface area contributed by atoms with Crippen molar-refractivity contribution in [3.63, 3.8) is 0 Å². The number of nitrogens with two attached hydrogens (primary N) is 1. The maximum Gasteiger partial charge on any atom is 0.238 e. The molecule has 1 amide bonds. The first-order valence-corrected chi connectivity index (χ1v) is 11.8. The van der Waals surface area contributed by atoms with Gasteiger partial charge in [0, 0.05) is 24.7 Å². The Morgan fingerprint density at radius 1 is 1.17 bits per heavy atom. The van der Waals surface area contributed by atoms with E-state index in [0.717, 1.165) is 11.9 Å². The fourth-order valence-corrected chi connectivity index (χ4v) is 4.28. The molecular formula is C20H22N4O4S2. The van der Waals surface area contributed by atoms with E-state index in [2.05, 4.69) is 10.3 Å². The molecule has 0 radical (unpaired) electrons. The third-order valence-corrected chi connectivity index (χ3v) is 6.38. The zero-order valence-electron chi connectivity index (χ0n) is 16.6. The number of ketones is 1. The summed E-state index contributed by atoms with van der Waals surface area (Å²) in [5.41, 5.74) is 2.42. The number of anilines is 1. The van der Waals surface area contributed by atoms with Gasteiger partial charge in [-0.05, 0) is 48.9 Å². The predicted molar refractivity (Wildman–Crippen MR) is 117 cm³/mol. The van der Waals surface area contributed by atoms with Crippen molar-refractivity contribution in [2.24, 2.45) is 12.2 Å². The fraction of sp³-hybridized carbons (Fsp3) is 0.250. The van der Waals surface area contributed by atoms with Gasteiger partial charge in [0.2, 0.25) is 15.9 Å². The lowest BCUT2D eigenvalue weighted by Crippen LogP contribution is -2.11. The molecule has 0 unspecified atom stereocenters. The van der Waals surface area contributed by atoms with Crippen LogP contribution in [-0.2, 0) is 21.9 Å². The number of aryl methyl sites for hydroxylation is 1. The highest BCUT2D eigenvalue weighted by Crippen LogP contribution is 2.25. The Hall–Kier alpha value is -2.69. The maximum atomic E-state index is 12.5. The number of rotatable bonds is 8. The van der Waals surface area contributed by atoms with Crippen molar-refractivity contribution in [3.8, 4) is 0 Å². The van der Waals surface area contributed by atoms with Crippen LogP contribution in [0.5, 0.6) is 0 Å². The fourth-order valence-electron chi connectivity index (χ4n) is 2.87. The lowest BCUT2D eigenvalue weighted by molar-refractivity contribution is -0.116. The van der Waals surface area contributed by atoms with Gasteiger partial charge in [0.15, 0.2) is 10.9 Å². The Morgan fingerprint density at radius 3 is 2.50 bits per heavy atom. The summed E-state index contributed by atoms with van der Waals surface area (Å²) in [5.74, 6) is 0.0316. The number of fused-ring (bicyclic) bond motifs is 1. The van der Waals surface area contributed by atoms with Gasteiger partial charge in [-0.1, -0.05) is 18.7 Å². The van der Waals surface area contributed by atoms with Crippen LogP contribution in [0.2, 0.25) is 0 Å². The molecule has 1 heterocycles. The number of benzene rings is 2. The summed E-state index contributed by atoms with van der Waals surface area (Å²) in [4.78, 5) is 28.6. The molecule has 0 atom stereocenters. The number of nitrogens with one attached hydrogen (secondary N) is 1. The predicted octanol–water partition coefficient (Wildman–Crippen LogP) is 2.93.